The highest BCUT2D eigenvalue weighted by atomic mass is 35.5. The van der Waals surface area contributed by atoms with Crippen LogP contribution in [0.15, 0.2) is 28.1 Å². The standard InChI is InChI=1S/C17H16ClN5O3S2/c1-26-12-8-10(2-3-11(12)24)9-13-16(25)19-17(27-13)23-6-4-22(5-7-23)15-14(18)20-28-21-15/h2-3,8-9,24H,4-7H2,1H3. The summed E-state index contributed by atoms with van der Waals surface area (Å²) < 4.78 is 13.3. The van der Waals surface area contributed by atoms with Crippen molar-refractivity contribution in [3.8, 4) is 11.5 Å². The zero-order valence-electron chi connectivity index (χ0n) is 14.8. The lowest BCUT2D eigenvalue weighted by atomic mass is 10.2. The Hall–Kier alpha value is -2.30. The number of carbonyl (C=O) groups is 1. The first kappa shape index (κ1) is 19.0. The van der Waals surface area contributed by atoms with Crippen molar-refractivity contribution in [2.75, 3.05) is 38.2 Å². The average molecular weight is 438 g/mol. The van der Waals surface area contributed by atoms with Gasteiger partial charge >= 0.3 is 0 Å². The summed E-state index contributed by atoms with van der Waals surface area (Å²) in [6.07, 6.45) is 1.75. The van der Waals surface area contributed by atoms with Gasteiger partial charge in [-0.1, -0.05) is 17.7 Å². The van der Waals surface area contributed by atoms with Crippen LogP contribution < -0.4 is 9.64 Å². The predicted octanol–water partition coefficient (Wildman–Crippen LogP) is 2.70. The fraction of sp³-hybridized carbons (Fsp3) is 0.294. The van der Waals surface area contributed by atoms with Crippen molar-refractivity contribution in [1.29, 1.82) is 0 Å². The Morgan fingerprint density at radius 3 is 2.64 bits per heavy atom. The normalized spacial score (nSPS) is 18.7. The third-order valence-corrected chi connectivity index (χ3v) is 6.31. The molecule has 0 radical (unpaired) electrons. The predicted molar refractivity (Wildman–Crippen MR) is 111 cm³/mol. The molecule has 28 heavy (non-hydrogen) atoms. The van der Waals surface area contributed by atoms with E-state index in [2.05, 4.69) is 23.5 Å². The van der Waals surface area contributed by atoms with Gasteiger partial charge in [0.1, 0.15) is 0 Å². The second-order valence-electron chi connectivity index (χ2n) is 6.09. The van der Waals surface area contributed by atoms with Crippen LogP contribution in [-0.4, -0.2) is 63.1 Å². The van der Waals surface area contributed by atoms with Crippen LogP contribution in [0, 0.1) is 0 Å². The molecule has 4 rings (SSSR count). The fourth-order valence-corrected chi connectivity index (χ4v) is 4.68. The molecule has 1 N–H and O–H groups in total. The number of halogens is 1. The third-order valence-electron chi connectivity index (χ3n) is 4.39. The maximum Gasteiger partial charge on any atom is 0.286 e. The van der Waals surface area contributed by atoms with E-state index in [-0.39, 0.29) is 11.7 Å². The van der Waals surface area contributed by atoms with Crippen LogP contribution in [0.3, 0.4) is 0 Å². The van der Waals surface area contributed by atoms with E-state index in [1.54, 1.807) is 18.2 Å². The fourth-order valence-electron chi connectivity index (χ4n) is 2.94. The van der Waals surface area contributed by atoms with E-state index < -0.39 is 0 Å². The lowest BCUT2D eigenvalue weighted by Crippen LogP contribution is -2.48. The number of phenolic OH excluding ortho intramolecular Hbond substituents is 1. The lowest BCUT2D eigenvalue weighted by Gasteiger charge is -2.35. The number of thioether (sulfide) groups is 1. The number of amides is 1. The highest BCUT2D eigenvalue weighted by Crippen LogP contribution is 2.33. The average Bonchev–Trinajstić information content (AvgIpc) is 3.29. The summed E-state index contributed by atoms with van der Waals surface area (Å²) in [5.74, 6) is 0.865. The van der Waals surface area contributed by atoms with Crippen molar-refractivity contribution in [3.05, 3.63) is 33.8 Å². The number of amidine groups is 1. The molecule has 1 aromatic heterocycles. The molecule has 2 aliphatic heterocycles. The molecular weight excluding hydrogens is 422 g/mol. The van der Waals surface area contributed by atoms with Gasteiger partial charge in [0.05, 0.1) is 23.7 Å². The second kappa shape index (κ2) is 7.98. The molecule has 11 heteroatoms. The zero-order valence-corrected chi connectivity index (χ0v) is 17.2. The summed E-state index contributed by atoms with van der Waals surface area (Å²) >= 11 is 8.51. The molecule has 1 aromatic carbocycles. The third kappa shape index (κ3) is 3.80. The molecule has 0 unspecified atom stereocenters. The van der Waals surface area contributed by atoms with Crippen molar-refractivity contribution < 1.29 is 14.6 Å². The van der Waals surface area contributed by atoms with Crippen LogP contribution in [0.2, 0.25) is 5.15 Å². The molecule has 146 valence electrons. The maximum absolute atomic E-state index is 12.3. The maximum atomic E-state index is 12.3. The van der Waals surface area contributed by atoms with Gasteiger partial charge in [0.25, 0.3) is 5.91 Å². The molecule has 3 heterocycles. The SMILES string of the molecule is COc1cc(C=C2SC(N3CCN(c4nsnc4Cl)CC3)=NC2=O)ccc1O. The lowest BCUT2D eigenvalue weighted by molar-refractivity contribution is -0.113. The van der Waals surface area contributed by atoms with Crippen LogP contribution in [0.5, 0.6) is 11.5 Å². The Bertz CT molecular complexity index is 969. The van der Waals surface area contributed by atoms with Gasteiger partial charge in [-0.15, -0.1) is 0 Å². The Morgan fingerprint density at radius 2 is 1.96 bits per heavy atom. The minimum absolute atomic E-state index is 0.0558. The molecule has 0 aliphatic carbocycles. The smallest absolute Gasteiger partial charge is 0.286 e. The minimum atomic E-state index is -0.263. The van der Waals surface area contributed by atoms with Gasteiger partial charge in [0.2, 0.25) is 0 Å². The number of aromatic nitrogens is 2. The van der Waals surface area contributed by atoms with Crippen molar-refractivity contribution >= 4 is 58.1 Å². The Labute approximate surface area is 174 Å². The monoisotopic (exact) mass is 437 g/mol. The summed E-state index contributed by atoms with van der Waals surface area (Å²) in [5, 5.41) is 10.8. The summed E-state index contributed by atoms with van der Waals surface area (Å²) in [6, 6.07) is 4.94. The summed E-state index contributed by atoms with van der Waals surface area (Å²) in [7, 11) is 1.48. The highest BCUT2D eigenvalue weighted by molar-refractivity contribution is 8.18. The number of phenols is 1. The van der Waals surface area contributed by atoms with Gasteiger partial charge in [-0.2, -0.15) is 13.7 Å². The first-order chi connectivity index (χ1) is 13.5. The number of rotatable bonds is 3. The quantitative estimate of drug-likeness (QED) is 0.733. The largest absolute Gasteiger partial charge is 0.504 e. The molecule has 0 spiro atoms. The molecule has 2 aliphatic rings. The number of benzene rings is 1. The molecule has 0 saturated carbocycles. The summed E-state index contributed by atoms with van der Waals surface area (Å²) in [5.41, 5.74) is 0.762. The van der Waals surface area contributed by atoms with E-state index in [0.29, 0.717) is 39.9 Å². The van der Waals surface area contributed by atoms with Crippen molar-refractivity contribution in [3.63, 3.8) is 0 Å². The topological polar surface area (TPSA) is 91.2 Å². The Morgan fingerprint density at radius 1 is 1.21 bits per heavy atom. The van der Waals surface area contributed by atoms with Crippen molar-refractivity contribution in [1.82, 2.24) is 13.6 Å². The van der Waals surface area contributed by atoms with Gasteiger partial charge in [-0.05, 0) is 35.5 Å². The number of aliphatic imine (C=N–C) groups is 1. The molecular formula is C17H16ClN5O3S2. The van der Waals surface area contributed by atoms with Gasteiger partial charge in [0.15, 0.2) is 27.6 Å². The second-order valence-corrected chi connectivity index (χ2v) is 7.99. The number of hydrogen-bond donors (Lipinski definition) is 1. The molecule has 2 aromatic rings. The Kier molecular flexibility index (Phi) is 5.42. The highest BCUT2D eigenvalue weighted by Gasteiger charge is 2.29. The first-order valence-electron chi connectivity index (χ1n) is 8.42. The number of methoxy groups -OCH3 is 1. The van der Waals surface area contributed by atoms with Crippen LogP contribution in [0.4, 0.5) is 5.82 Å². The number of aromatic hydroxyl groups is 1. The van der Waals surface area contributed by atoms with Gasteiger partial charge < -0.3 is 19.6 Å². The molecule has 0 atom stereocenters. The molecule has 1 amide bonds. The number of carbonyl (C=O) groups excluding carboxylic acids is 1. The number of anilines is 1. The van der Waals surface area contributed by atoms with E-state index in [1.165, 1.54) is 24.9 Å². The van der Waals surface area contributed by atoms with Crippen LogP contribution in [-0.2, 0) is 4.79 Å². The van der Waals surface area contributed by atoms with E-state index in [0.717, 1.165) is 30.4 Å². The number of hydrogen-bond acceptors (Lipinski definition) is 9. The molecule has 1 fully saturated rings. The van der Waals surface area contributed by atoms with Gasteiger partial charge in [-0.25, -0.2) is 0 Å². The zero-order chi connectivity index (χ0) is 19.7. The molecule has 8 nitrogen and oxygen atoms in total. The summed E-state index contributed by atoms with van der Waals surface area (Å²) in [6.45, 7) is 2.89. The number of ether oxygens (including phenoxy) is 1. The Balaban J connectivity index is 1.42. The van der Waals surface area contributed by atoms with Crippen LogP contribution >= 0.6 is 35.1 Å². The molecule has 0 bridgehead atoms. The van der Waals surface area contributed by atoms with Crippen molar-refractivity contribution in [2.24, 2.45) is 4.99 Å². The summed E-state index contributed by atoms with van der Waals surface area (Å²) in [4.78, 5) is 21.2. The van der Waals surface area contributed by atoms with E-state index in [4.69, 9.17) is 16.3 Å². The number of piperazine rings is 1. The molecule has 1 saturated heterocycles. The van der Waals surface area contributed by atoms with E-state index in [9.17, 15) is 9.90 Å². The minimum Gasteiger partial charge on any atom is -0.504 e. The first-order valence-corrected chi connectivity index (χ1v) is 10.3. The van der Waals surface area contributed by atoms with E-state index in [1.807, 2.05) is 0 Å². The number of nitrogens with zero attached hydrogens (tertiary/aromatic N) is 5. The van der Waals surface area contributed by atoms with Crippen LogP contribution in [0.1, 0.15) is 5.56 Å². The van der Waals surface area contributed by atoms with Crippen molar-refractivity contribution in [2.45, 2.75) is 0 Å². The van der Waals surface area contributed by atoms with Gasteiger partial charge in [-0.3, -0.25) is 4.79 Å². The van der Waals surface area contributed by atoms with Crippen LogP contribution in [0.25, 0.3) is 6.08 Å². The van der Waals surface area contributed by atoms with Gasteiger partial charge in [0, 0.05) is 26.2 Å². The van der Waals surface area contributed by atoms with E-state index >= 15 is 0 Å².